The van der Waals surface area contributed by atoms with Crippen molar-refractivity contribution in [2.45, 2.75) is 39.8 Å². The van der Waals surface area contributed by atoms with Gasteiger partial charge in [-0.25, -0.2) is 4.98 Å². The first-order chi connectivity index (χ1) is 11.3. The van der Waals surface area contributed by atoms with Gasteiger partial charge < -0.3 is 15.0 Å². The van der Waals surface area contributed by atoms with Crippen LogP contribution in [0.1, 0.15) is 25.0 Å². The van der Waals surface area contributed by atoms with E-state index in [-0.39, 0.29) is 5.54 Å². The van der Waals surface area contributed by atoms with Gasteiger partial charge in [0.25, 0.3) is 0 Å². The maximum absolute atomic E-state index is 6.32. The minimum Gasteiger partial charge on any atom is -0.496 e. The Kier molecular flexibility index (Phi) is 4.10. The summed E-state index contributed by atoms with van der Waals surface area (Å²) in [5.74, 6) is 1.71. The molecule has 4 heteroatoms. The van der Waals surface area contributed by atoms with E-state index in [1.807, 2.05) is 38.1 Å². The fourth-order valence-corrected chi connectivity index (χ4v) is 2.98. The molecule has 0 spiro atoms. The minimum atomic E-state index is -0.344. The molecule has 0 atom stereocenters. The third-order valence-corrected chi connectivity index (χ3v) is 4.28. The van der Waals surface area contributed by atoms with E-state index in [0.717, 1.165) is 28.2 Å². The van der Waals surface area contributed by atoms with E-state index in [9.17, 15) is 0 Å². The molecule has 4 nitrogen and oxygen atoms in total. The zero-order valence-electron chi connectivity index (χ0n) is 15.1. The summed E-state index contributed by atoms with van der Waals surface area (Å²) in [5.41, 5.74) is 11.6. The number of nitrogens with two attached hydrogens (primary N) is 1. The van der Waals surface area contributed by atoms with Crippen LogP contribution in [-0.4, -0.2) is 22.2 Å². The van der Waals surface area contributed by atoms with Crippen molar-refractivity contribution in [1.82, 2.24) is 9.55 Å². The summed E-state index contributed by atoms with van der Waals surface area (Å²) in [5, 5.41) is 0. The van der Waals surface area contributed by atoms with Crippen molar-refractivity contribution in [3.8, 4) is 17.1 Å². The van der Waals surface area contributed by atoms with Crippen molar-refractivity contribution >= 4 is 11.0 Å². The average Bonchev–Trinajstić information content (AvgIpc) is 2.84. The molecule has 0 fully saturated rings. The van der Waals surface area contributed by atoms with Crippen molar-refractivity contribution in [1.29, 1.82) is 0 Å². The Labute approximate surface area is 143 Å². The molecule has 0 radical (unpaired) electrons. The summed E-state index contributed by atoms with van der Waals surface area (Å²) in [7, 11) is 1.69. The molecule has 0 unspecified atom stereocenters. The Balaban J connectivity index is 2.32. The Bertz CT molecular complexity index is 888. The molecule has 1 aromatic heterocycles. The van der Waals surface area contributed by atoms with Gasteiger partial charge >= 0.3 is 0 Å². The lowest BCUT2D eigenvalue weighted by atomic mass is 10.1. The van der Waals surface area contributed by atoms with E-state index in [0.29, 0.717) is 6.54 Å². The lowest BCUT2D eigenvalue weighted by molar-refractivity contribution is 0.414. The van der Waals surface area contributed by atoms with E-state index in [1.165, 1.54) is 11.1 Å². The maximum Gasteiger partial charge on any atom is 0.144 e. The first-order valence-corrected chi connectivity index (χ1v) is 8.20. The van der Waals surface area contributed by atoms with Crippen LogP contribution in [0.2, 0.25) is 0 Å². The van der Waals surface area contributed by atoms with Crippen molar-refractivity contribution in [3.63, 3.8) is 0 Å². The summed E-state index contributed by atoms with van der Waals surface area (Å²) in [6.45, 7) is 8.99. The molecular formula is C20H25N3O. The SMILES string of the molecule is COc1ccccc1-c1nc2cc(C)c(C)cc2n1CC(C)(C)N. The summed E-state index contributed by atoms with van der Waals surface area (Å²) in [4.78, 5) is 4.91. The van der Waals surface area contributed by atoms with Gasteiger partial charge in [-0.3, -0.25) is 0 Å². The topological polar surface area (TPSA) is 53.1 Å². The normalized spacial score (nSPS) is 11.9. The van der Waals surface area contributed by atoms with E-state index in [1.54, 1.807) is 7.11 Å². The van der Waals surface area contributed by atoms with E-state index in [4.69, 9.17) is 15.5 Å². The van der Waals surface area contributed by atoms with E-state index < -0.39 is 0 Å². The molecule has 1 heterocycles. The Morgan fingerprint density at radius 2 is 1.79 bits per heavy atom. The fraction of sp³-hybridized carbons (Fsp3) is 0.350. The predicted molar refractivity (Wildman–Crippen MR) is 99.5 cm³/mol. The van der Waals surface area contributed by atoms with Gasteiger partial charge in [0.05, 0.1) is 23.7 Å². The third kappa shape index (κ3) is 3.02. The van der Waals surface area contributed by atoms with Gasteiger partial charge in [-0.15, -0.1) is 0 Å². The van der Waals surface area contributed by atoms with Crippen LogP contribution in [0.4, 0.5) is 0 Å². The third-order valence-electron chi connectivity index (χ3n) is 4.28. The van der Waals surface area contributed by atoms with Crippen LogP contribution in [0.15, 0.2) is 36.4 Å². The lowest BCUT2D eigenvalue weighted by Gasteiger charge is -2.22. The second-order valence-electron chi connectivity index (χ2n) is 7.14. The van der Waals surface area contributed by atoms with Crippen LogP contribution in [-0.2, 0) is 6.54 Å². The Hall–Kier alpha value is -2.33. The van der Waals surface area contributed by atoms with Crippen LogP contribution >= 0.6 is 0 Å². The number of rotatable bonds is 4. The van der Waals surface area contributed by atoms with Crippen LogP contribution in [0, 0.1) is 13.8 Å². The summed E-state index contributed by atoms with van der Waals surface area (Å²) in [6, 6.07) is 12.3. The molecule has 0 amide bonds. The van der Waals surface area contributed by atoms with E-state index >= 15 is 0 Å². The molecule has 0 saturated heterocycles. The molecule has 0 aliphatic heterocycles. The van der Waals surface area contributed by atoms with Gasteiger partial charge in [-0.2, -0.15) is 0 Å². The number of benzene rings is 2. The molecule has 3 aromatic rings. The molecular weight excluding hydrogens is 298 g/mol. The molecule has 0 bridgehead atoms. The van der Waals surface area contributed by atoms with Gasteiger partial charge in [0.2, 0.25) is 0 Å². The van der Waals surface area contributed by atoms with Crippen molar-refractivity contribution in [2.24, 2.45) is 5.73 Å². The average molecular weight is 323 g/mol. The number of fused-ring (bicyclic) bond motifs is 1. The molecule has 2 N–H and O–H groups in total. The highest BCUT2D eigenvalue weighted by Gasteiger charge is 2.21. The number of hydrogen-bond acceptors (Lipinski definition) is 3. The van der Waals surface area contributed by atoms with Crippen LogP contribution in [0.3, 0.4) is 0 Å². The van der Waals surface area contributed by atoms with Crippen molar-refractivity contribution in [3.05, 3.63) is 47.5 Å². The number of imidazole rings is 1. The standard InChI is InChI=1S/C20H25N3O/c1-13-10-16-17(11-14(13)2)23(12-20(3,4)21)19(22-16)15-8-6-7-9-18(15)24-5/h6-11H,12,21H2,1-5H3. The summed E-state index contributed by atoms with van der Waals surface area (Å²) >= 11 is 0. The zero-order valence-corrected chi connectivity index (χ0v) is 15.1. The van der Waals surface area contributed by atoms with Gasteiger partial charge in [-0.1, -0.05) is 12.1 Å². The molecule has 0 saturated carbocycles. The fourth-order valence-electron chi connectivity index (χ4n) is 2.98. The quantitative estimate of drug-likeness (QED) is 0.787. The van der Waals surface area contributed by atoms with Gasteiger partial charge in [0, 0.05) is 12.1 Å². The highest BCUT2D eigenvalue weighted by atomic mass is 16.5. The molecule has 3 rings (SSSR count). The van der Waals surface area contributed by atoms with Crippen molar-refractivity contribution in [2.75, 3.05) is 7.11 Å². The summed E-state index contributed by atoms with van der Waals surface area (Å²) in [6.07, 6.45) is 0. The first kappa shape index (κ1) is 16.5. The number of nitrogens with zero attached hydrogens (tertiary/aromatic N) is 2. The predicted octanol–water partition coefficient (Wildman–Crippen LogP) is 4.07. The molecule has 24 heavy (non-hydrogen) atoms. The summed E-state index contributed by atoms with van der Waals surface area (Å²) < 4.78 is 7.75. The first-order valence-electron chi connectivity index (χ1n) is 8.20. The zero-order chi connectivity index (χ0) is 17.5. The number of methoxy groups -OCH3 is 1. The maximum atomic E-state index is 6.32. The number of hydrogen-bond donors (Lipinski definition) is 1. The highest BCUT2D eigenvalue weighted by molar-refractivity contribution is 5.83. The molecule has 0 aliphatic carbocycles. The number of ether oxygens (including phenoxy) is 1. The lowest BCUT2D eigenvalue weighted by Crippen LogP contribution is -2.37. The van der Waals surface area contributed by atoms with Crippen molar-refractivity contribution < 1.29 is 4.74 Å². The minimum absolute atomic E-state index is 0.344. The van der Waals surface area contributed by atoms with Crippen LogP contribution in [0.25, 0.3) is 22.4 Å². The second-order valence-corrected chi connectivity index (χ2v) is 7.14. The molecule has 2 aromatic carbocycles. The molecule has 0 aliphatic rings. The van der Waals surface area contributed by atoms with E-state index in [2.05, 4.69) is 30.5 Å². The number of aromatic nitrogens is 2. The largest absolute Gasteiger partial charge is 0.496 e. The van der Waals surface area contributed by atoms with Gasteiger partial charge in [0.1, 0.15) is 11.6 Å². The van der Waals surface area contributed by atoms with Gasteiger partial charge in [0.15, 0.2) is 0 Å². The monoisotopic (exact) mass is 323 g/mol. The number of aryl methyl sites for hydroxylation is 2. The highest BCUT2D eigenvalue weighted by Crippen LogP contribution is 2.33. The van der Waals surface area contributed by atoms with Crippen LogP contribution < -0.4 is 10.5 Å². The van der Waals surface area contributed by atoms with Crippen LogP contribution in [0.5, 0.6) is 5.75 Å². The Morgan fingerprint density at radius 1 is 1.12 bits per heavy atom. The smallest absolute Gasteiger partial charge is 0.144 e. The second kappa shape index (κ2) is 5.95. The molecule has 126 valence electrons. The number of para-hydroxylation sites is 1. The Morgan fingerprint density at radius 3 is 2.46 bits per heavy atom. The van der Waals surface area contributed by atoms with Gasteiger partial charge in [-0.05, 0) is 63.1 Å².